The van der Waals surface area contributed by atoms with E-state index < -0.39 is 11.6 Å². The molecule has 5 heteroatoms. The maximum Gasteiger partial charge on any atom is 0.336 e. The quantitative estimate of drug-likeness (QED) is 0.519. The van der Waals surface area contributed by atoms with Gasteiger partial charge < -0.3 is 15.5 Å². The minimum Gasteiger partial charge on any atom is -0.479 e. The van der Waals surface area contributed by atoms with Crippen LogP contribution in [0, 0.1) is 0 Å². The highest BCUT2D eigenvalue weighted by molar-refractivity contribution is 7.98. The first kappa shape index (κ1) is 14.7. The van der Waals surface area contributed by atoms with Gasteiger partial charge in [-0.25, -0.2) is 4.79 Å². The first-order valence-corrected chi connectivity index (χ1v) is 6.55. The summed E-state index contributed by atoms with van der Waals surface area (Å²) in [5.74, 6) is -0.00953. The van der Waals surface area contributed by atoms with Gasteiger partial charge in [0.1, 0.15) is 0 Å². The van der Waals surface area contributed by atoms with Crippen LogP contribution in [0.4, 0.5) is 0 Å². The van der Waals surface area contributed by atoms with E-state index in [1.165, 1.54) is 19.1 Å². The molecule has 0 fully saturated rings. The summed E-state index contributed by atoms with van der Waals surface area (Å²) in [5, 5.41) is 20.9. The molecule has 90 valence electrons. The van der Waals surface area contributed by atoms with E-state index in [0.717, 1.165) is 19.4 Å². The van der Waals surface area contributed by atoms with Crippen molar-refractivity contribution in [2.24, 2.45) is 0 Å². The third-order valence-electron chi connectivity index (χ3n) is 2.13. The van der Waals surface area contributed by atoms with Crippen LogP contribution in [-0.2, 0) is 4.79 Å². The zero-order chi connectivity index (χ0) is 11.7. The van der Waals surface area contributed by atoms with Crippen LogP contribution in [0.25, 0.3) is 0 Å². The van der Waals surface area contributed by atoms with Crippen LogP contribution in [0.3, 0.4) is 0 Å². The van der Waals surface area contributed by atoms with Gasteiger partial charge >= 0.3 is 5.97 Å². The van der Waals surface area contributed by atoms with Crippen molar-refractivity contribution in [1.29, 1.82) is 0 Å². The van der Waals surface area contributed by atoms with Crippen molar-refractivity contribution in [3.05, 3.63) is 0 Å². The third-order valence-corrected chi connectivity index (χ3v) is 2.83. The second-order valence-corrected chi connectivity index (χ2v) is 4.79. The average molecular weight is 235 g/mol. The number of carbonyl (C=O) groups is 1. The highest BCUT2D eigenvalue weighted by Crippen LogP contribution is 2.03. The Morgan fingerprint density at radius 1 is 1.40 bits per heavy atom. The molecule has 4 nitrogen and oxygen atoms in total. The first-order chi connectivity index (χ1) is 7.00. The van der Waals surface area contributed by atoms with E-state index >= 15 is 0 Å². The van der Waals surface area contributed by atoms with E-state index in [1.54, 1.807) is 0 Å². The molecule has 0 aliphatic heterocycles. The number of aliphatic hydroxyl groups is 1. The lowest BCUT2D eigenvalue weighted by atomic mass is 10.1. The molecule has 0 aromatic rings. The Hall–Kier alpha value is -0.260. The Balaban J connectivity index is 3.35. The van der Waals surface area contributed by atoms with Crippen molar-refractivity contribution in [2.45, 2.75) is 31.8 Å². The molecule has 1 atom stereocenters. The summed E-state index contributed by atoms with van der Waals surface area (Å²) in [4.78, 5) is 10.5. The minimum absolute atomic E-state index is 0.102. The lowest BCUT2D eigenvalue weighted by Gasteiger charge is -2.18. The number of hydrogen-bond acceptors (Lipinski definition) is 4. The fraction of sp³-hybridized carbons (Fsp3) is 0.900. The molecular weight excluding hydrogens is 214 g/mol. The van der Waals surface area contributed by atoms with Crippen LogP contribution in [0.5, 0.6) is 0 Å². The summed E-state index contributed by atoms with van der Waals surface area (Å²) >= 11 is 1.84. The van der Waals surface area contributed by atoms with Gasteiger partial charge in [-0.15, -0.1) is 0 Å². The van der Waals surface area contributed by atoms with E-state index in [9.17, 15) is 9.90 Å². The zero-order valence-electron chi connectivity index (χ0n) is 9.45. The van der Waals surface area contributed by atoms with Gasteiger partial charge in [0.05, 0.1) is 0 Å². The summed E-state index contributed by atoms with van der Waals surface area (Å²) in [5.41, 5.74) is -1.65. The predicted octanol–water partition coefficient (Wildman–Crippen LogP) is 0.945. The standard InChI is InChI=1S/C10H21NO3S/c1-10(14,9(12)13)8-11-6-4-3-5-7-15-2/h11,14H,3-8H2,1-2H3,(H,12,13). The fourth-order valence-corrected chi connectivity index (χ4v) is 1.57. The SMILES string of the molecule is CSCCCCCNCC(C)(O)C(=O)O. The fourth-order valence-electron chi connectivity index (χ4n) is 1.08. The first-order valence-electron chi connectivity index (χ1n) is 5.16. The van der Waals surface area contributed by atoms with E-state index in [-0.39, 0.29) is 6.54 Å². The van der Waals surface area contributed by atoms with Crippen molar-refractivity contribution in [3.8, 4) is 0 Å². The molecule has 3 N–H and O–H groups in total. The minimum atomic E-state index is -1.65. The van der Waals surface area contributed by atoms with Crippen molar-refractivity contribution in [3.63, 3.8) is 0 Å². The third kappa shape index (κ3) is 7.64. The molecule has 0 aromatic heterocycles. The highest BCUT2D eigenvalue weighted by atomic mass is 32.2. The molecule has 0 saturated carbocycles. The predicted molar refractivity (Wildman–Crippen MR) is 63.4 cm³/mol. The zero-order valence-corrected chi connectivity index (χ0v) is 10.3. The summed E-state index contributed by atoms with van der Waals surface area (Å²) < 4.78 is 0. The van der Waals surface area contributed by atoms with Crippen molar-refractivity contribution >= 4 is 17.7 Å². The van der Waals surface area contributed by atoms with Crippen LogP contribution in [0.15, 0.2) is 0 Å². The van der Waals surface area contributed by atoms with E-state index in [1.807, 2.05) is 11.8 Å². The molecule has 0 amide bonds. The van der Waals surface area contributed by atoms with Crippen molar-refractivity contribution < 1.29 is 15.0 Å². The summed E-state index contributed by atoms with van der Waals surface area (Å²) in [7, 11) is 0. The molecule has 0 heterocycles. The molecule has 0 aliphatic carbocycles. The number of carboxylic acids is 1. The Labute approximate surface area is 95.4 Å². The molecular formula is C10H21NO3S. The Morgan fingerprint density at radius 3 is 2.60 bits per heavy atom. The van der Waals surface area contributed by atoms with Gasteiger partial charge in [-0.05, 0) is 38.3 Å². The van der Waals surface area contributed by atoms with Gasteiger partial charge in [0.15, 0.2) is 5.60 Å². The van der Waals surface area contributed by atoms with Crippen molar-refractivity contribution in [1.82, 2.24) is 5.32 Å². The summed E-state index contributed by atoms with van der Waals surface area (Å²) in [6.07, 6.45) is 5.44. The van der Waals surface area contributed by atoms with E-state index in [2.05, 4.69) is 11.6 Å². The molecule has 0 aliphatic rings. The number of carboxylic acid groups (broad SMARTS) is 1. The van der Waals surface area contributed by atoms with Crippen molar-refractivity contribution in [2.75, 3.05) is 25.1 Å². The van der Waals surface area contributed by atoms with Crippen LogP contribution in [-0.4, -0.2) is 46.9 Å². The molecule has 15 heavy (non-hydrogen) atoms. The normalized spacial score (nSPS) is 14.9. The molecule has 0 rings (SSSR count). The van der Waals surface area contributed by atoms with Crippen LogP contribution in [0.1, 0.15) is 26.2 Å². The molecule has 0 saturated heterocycles. The van der Waals surface area contributed by atoms with Crippen LogP contribution >= 0.6 is 11.8 Å². The van der Waals surface area contributed by atoms with Gasteiger partial charge in [-0.3, -0.25) is 0 Å². The largest absolute Gasteiger partial charge is 0.479 e. The van der Waals surface area contributed by atoms with E-state index in [0.29, 0.717) is 0 Å². The van der Waals surface area contributed by atoms with Gasteiger partial charge in [-0.1, -0.05) is 6.42 Å². The highest BCUT2D eigenvalue weighted by Gasteiger charge is 2.28. The maximum absolute atomic E-state index is 10.5. The molecule has 0 spiro atoms. The number of unbranched alkanes of at least 4 members (excludes halogenated alkanes) is 2. The second-order valence-electron chi connectivity index (χ2n) is 3.81. The van der Waals surface area contributed by atoms with Gasteiger partial charge in [0.25, 0.3) is 0 Å². The maximum atomic E-state index is 10.5. The summed E-state index contributed by atoms with van der Waals surface area (Å²) in [6.45, 7) is 2.17. The lowest BCUT2D eigenvalue weighted by molar-refractivity contribution is -0.156. The number of aliphatic carboxylic acids is 1. The number of hydrogen-bond donors (Lipinski definition) is 3. The van der Waals surface area contributed by atoms with Gasteiger partial charge in [0.2, 0.25) is 0 Å². The summed E-state index contributed by atoms with van der Waals surface area (Å²) in [6, 6.07) is 0. The lowest BCUT2D eigenvalue weighted by Crippen LogP contribution is -2.45. The topological polar surface area (TPSA) is 69.6 Å². The van der Waals surface area contributed by atoms with Crippen LogP contribution in [0.2, 0.25) is 0 Å². The second kappa shape index (κ2) is 7.96. The van der Waals surface area contributed by atoms with Gasteiger partial charge in [0, 0.05) is 6.54 Å². The number of nitrogens with one attached hydrogen (secondary N) is 1. The Morgan fingerprint density at radius 2 is 2.07 bits per heavy atom. The average Bonchev–Trinajstić information content (AvgIpc) is 2.16. The van der Waals surface area contributed by atoms with Crippen LogP contribution < -0.4 is 5.32 Å². The molecule has 1 unspecified atom stereocenters. The Kier molecular flexibility index (Phi) is 7.82. The molecule has 0 aromatic carbocycles. The molecule has 0 radical (unpaired) electrons. The van der Waals surface area contributed by atoms with Gasteiger partial charge in [-0.2, -0.15) is 11.8 Å². The number of thioether (sulfide) groups is 1. The smallest absolute Gasteiger partial charge is 0.336 e. The molecule has 0 bridgehead atoms. The Bertz CT molecular complexity index is 186. The number of rotatable bonds is 9. The van der Waals surface area contributed by atoms with E-state index in [4.69, 9.17) is 5.11 Å². The monoisotopic (exact) mass is 235 g/mol.